The molecule has 0 bridgehead atoms. The van der Waals surface area contributed by atoms with Crippen molar-refractivity contribution >= 4 is 39.0 Å². The van der Waals surface area contributed by atoms with Gasteiger partial charge in [-0.05, 0) is 40.2 Å². The van der Waals surface area contributed by atoms with E-state index in [1.54, 1.807) is 0 Å². The van der Waals surface area contributed by atoms with E-state index in [0.717, 1.165) is 18.2 Å². The molecular weight excluding hydrogens is 452 g/mol. The first-order valence-electron chi connectivity index (χ1n) is 7.05. The molecule has 1 aromatic carbocycles. The van der Waals surface area contributed by atoms with Crippen molar-refractivity contribution in [3.05, 3.63) is 51.1 Å². The maximum atomic E-state index is 12.6. The second kappa shape index (κ2) is 7.91. The van der Waals surface area contributed by atoms with Crippen LogP contribution in [-0.2, 0) is 12.4 Å². The van der Waals surface area contributed by atoms with Crippen LogP contribution in [0.1, 0.15) is 11.1 Å². The second-order valence-corrected chi connectivity index (χ2v) is 6.36. The normalized spacial score (nSPS) is 12.2. The van der Waals surface area contributed by atoms with E-state index in [1.807, 2.05) is 0 Å². The minimum Gasteiger partial charge on any atom is -0.382 e. The summed E-state index contributed by atoms with van der Waals surface area (Å²) < 4.78 is 75.6. The molecule has 2 rings (SSSR count). The molecule has 26 heavy (non-hydrogen) atoms. The highest BCUT2D eigenvalue weighted by Crippen LogP contribution is 2.34. The zero-order chi connectivity index (χ0) is 19.5. The van der Waals surface area contributed by atoms with Crippen LogP contribution in [0, 0.1) is 0 Å². The van der Waals surface area contributed by atoms with Gasteiger partial charge in [0.25, 0.3) is 0 Å². The molecule has 0 aliphatic heterocycles. The van der Waals surface area contributed by atoms with Gasteiger partial charge in [-0.3, -0.25) is 0 Å². The largest absolute Gasteiger partial charge is 0.417 e. The van der Waals surface area contributed by atoms with E-state index < -0.39 is 23.5 Å². The number of halogens is 8. The predicted octanol–water partition coefficient (Wildman–Crippen LogP) is 6.06. The van der Waals surface area contributed by atoms with Crippen molar-refractivity contribution in [1.82, 2.24) is 4.98 Å². The van der Waals surface area contributed by atoms with Crippen LogP contribution in [0.4, 0.5) is 37.8 Å². The summed E-state index contributed by atoms with van der Waals surface area (Å²) in [5.74, 6) is 0.0768. The number of aromatic nitrogens is 1. The van der Waals surface area contributed by atoms with Gasteiger partial charge >= 0.3 is 12.4 Å². The minimum absolute atomic E-state index is 0.0768. The lowest BCUT2D eigenvalue weighted by Gasteiger charge is -2.13. The van der Waals surface area contributed by atoms with Crippen molar-refractivity contribution in [3.8, 4) is 0 Å². The Hall–Kier alpha value is -1.68. The number of anilines is 2. The molecule has 142 valence electrons. The van der Waals surface area contributed by atoms with E-state index in [2.05, 4.69) is 31.5 Å². The summed E-state index contributed by atoms with van der Waals surface area (Å²) in [6.07, 6.45) is -8.31. The number of pyridine rings is 1. The van der Waals surface area contributed by atoms with E-state index in [0.29, 0.717) is 11.9 Å². The fourth-order valence-corrected chi connectivity index (χ4v) is 2.69. The molecule has 1 aromatic heterocycles. The number of rotatable bonds is 5. The standard InChI is InChI=1S/C15H11BrClF6N3/c16-10-5-8(14(18,19)20)1-2-12(10)24-3-4-25-13-11(17)6-9(7-26-13)15(21,22)23/h1-2,5-7,24H,3-4H2,(H,25,26). The summed E-state index contributed by atoms with van der Waals surface area (Å²) in [5, 5.41) is 5.45. The van der Waals surface area contributed by atoms with Crippen molar-refractivity contribution < 1.29 is 26.3 Å². The third kappa shape index (κ3) is 5.41. The smallest absolute Gasteiger partial charge is 0.382 e. The lowest BCUT2D eigenvalue weighted by molar-refractivity contribution is -0.138. The summed E-state index contributed by atoms with van der Waals surface area (Å²) in [4.78, 5) is 3.62. The summed E-state index contributed by atoms with van der Waals surface area (Å²) in [5.41, 5.74) is -1.31. The summed E-state index contributed by atoms with van der Waals surface area (Å²) in [6, 6.07) is 3.92. The van der Waals surface area contributed by atoms with Crippen LogP contribution >= 0.6 is 27.5 Å². The Morgan fingerprint density at radius 2 is 1.54 bits per heavy atom. The molecule has 0 amide bonds. The maximum Gasteiger partial charge on any atom is 0.417 e. The number of hydrogen-bond donors (Lipinski definition) is 2. The molecule has 0 aliphatic carbocycles. The Labute approximate surface area is 157 Å². The monoisotopic (exact) mass is 461 g/mol. The van der Waals surface area contributed by atoms with E-state index in [9.17, 15) is 26.3 Å². The first-order chi connectivity index (χ1) is 12.0. The van der Waals surface area contributed by atoms with Gasteiger partial charge in [-0.1, -0.05) is 11.6 Å². The van der Waals surface area contributed by atoms with Gasteiger partial charge in [0, 0.05) is 29.4 Å². The number of alkyl halides is 6. The average Bonchev–Trinajstić information content (AvgIpc) is 2.52. The number of nitrogens with one attached hydrogen (secondary N) is 2. The maximum absolute atomic E-state index is 12.6. The van der Waals surface area contributed by atoms with E-state index in [1.165, 1.54) is 6.07 Å². The van der Waals surface area contributed by atoms with Crippen LogP contribution < -0.4 is 10.6 Å². The minimum atomic E-state index is -4.54. The molecule has 0 fully saturated rings. The van der Waals surface area contributed by atoms with Crippen molar-refractivity contribution in [2.45, 2.75) is 12.4 Å². The molecule has 0 unspecified atom stereocenters. The van der Waals surface area contributed by atoms with Crippen LogP contribution in [-0.4, -0.2) is 18.1 Å². The van der Waals surface area contributed by atoms with Crippen LogP contribution in [0.25, 0.3) is 0 Å². The van der Waals surface area contributed by atoms with Gasteiger partial charge in [-0.25, -0.2) is 4.98 Å². The number of nitrogens with zero attached hydrogens (tertiary/aromatic N) is 1. The Balaban J connectivity index is 1.91. The fourth-order valence-electron chi connectivity index (χ4n) is 1.94. The van der Waals surface area contributed by atoms with E-state index in [4.69, 9.17) is 11.6 Å². The van der Waals surface area contributed by atoms with E-state index in [-0.39, 0.29) is 28.4 Å². The molecule has 0 saturated heterocycles. The van der Waals surface area contributed by atoms with Gasteiger partial charge in [0.2, 0.25) is 0 Å². The predicted molar refractivity (Wildman–Crippen MR) is 90.4 cm³/mol. The first kappa shape index (κ1) is 20.6. The molecule has 2 N–H and O–H groups in total. The lowest BCUT2D eigenvalue weighted by atomic mass is 10.2. The van der Waals surface area contributed by atoms with Crippen LogP contribution in [0.2, 0.25) is 5.02 Å². The molecule has 0 atom stereocenters. The topological polar surface area (TPSA) is 37.0 Å². The van der Waals surface area contributed by atoms with E-state index >= 15 is 0 Å². The third-order valence-corrected chi connectivity index (χ3v) is 4.14. The average molecular weight is 463 g/mol. The van der Waals surface area contributed by atoms with Crippen molar-refractivity contribution in [2.24, 2.45) is 0 Å². The highest BCUT2D eigenvalue weighted by molar-refractivity contribution is 9.10. The molecule has 0 saturated carbocycles. The first-order valence-corrected chi connectivity index (χ1v) is 8.23. The zero-order valence-electron chi connectivity index (χ0n) is 12.8. The number of benzene rings is 1. The van der Waals surface area contributed by atoms with Crippen LogP contribution in [0.15, 0.2) is 34.9 Å². The molecule has 0 radical (unpaired) electrons. The molecule has 0 spiro atoms. The third-order valence-electron chi connectivity index (χ3n) is 3.20. The van der Waals surface area contributed by atoms with Gasteiger partial charge in [-0.15, -0.1) is 0 Å². The van der Waals surface area contributed by atoms with Gasteiger partial charge in [0.05, 0.1) is 16.1 Å². The highest BCUT2D eigenvalue weighted by Gasteiger charge is 2.32. The Bertz CT molecular complexity index is 713. The lowest BCUT2D eigenvalue weighted by Crippen LogP contribution is -2.15. The molecular formula is C15H11BrClF6N3. The van der Waals surface area contributed by atoms with Crippen LogP contribution in [0.5, 0.6) is 0 Å². The van der Waals surface area contributed by atoms with Crippen molar-refractivity contribution in [3.63, 3.8) is 0 Å². The summed E-state index contributed by atoms with van der Waals surface area (Å²) in [6.45, 7) is 0.495. The second-order valence-electron chi connectivity index (χ2n) is 5.10. The van der Waals surface area contributed by atoms with Crippen molar-refractivity contribution in [1.29, 1.82) is 0 Å². The highest BCUT2D eigenvalue weighted by atomic mass is 79.9. The fraction of sp³-hybridized carbons (Fsp3) is 0.267. The zero-order valence-corrected chi connectivity index (χ0v) is 15.1. The molecule has 3 nitrogen and oxygen atoms in total. The molecule has 2 aromatic rings. The Morgan fingerprint density at radius 1 is 0.923 bits per heavy atom. The quantitative estimate of drug-likeness (QED) is 0.419. The number of hydrogen-bond acceptors (Lipinski definition) is 3. The molecule has 1 heterocycles. The van der Waals surface area contributed by atoms with Gasteiger partial charge in [0.1, 0.15) is 5.82 Å². The van der Waals surface area contributed by atoms with Crippen LogP contribution in [0.3, 0.4) is 0 Å². The summed E-state index contributed by atoms with van der Waals surface area (Å²) in [7, 11) is 0. The Kier molecular flexibility index (Phi) is 6.28. The summed E-state index contributed by atoms with van der Waals surface area (Å²) >= 11 is 8.81. The Morgan fingerprint density at radius 3 is 2.08 bits per heavy atom. The van der Waals surface area contributed by atoms with Gasteiger partial charge in [-0.2, -0.15) is 26.3 Å². The van der Waals surface area contributed by atoms with Crippen molar-refractivity contribution in [2.75, 3.05) is 23.7 Å². The van der Waals surface area contributed by atoms with Gasteiger partial charge in [0.15, 0.2) is 0 Å². The molecule has 11 heteroatoms. The van der Waals surface area contributed by atoms with Gasteiger partial charge < -0.3 is 10.6 Å². The SMILES string of the molecule is FC(F)(F)c1cnc(NCCNc2ccc(C(F)(F)F)cc2Br)c(Cl)c1. The molecule has 0 aliphatic rings.